The van der Waals surface area contributed by atoms with Crippen LogP contribution in [0.5, 0.6) is 0 Å². The zero-order chi connectivity index (χ0) is 18.5. The molecule has 0 bridgehead atoms. The Bertz CT molecular complexity index is 857. The summed E-state index contributed by atoms with van der Waals surface area (Å²) in [5, 5.41) is 6.45. The summed E-state index contributed by atoms with van der Waals surface area (Å²) in [4.78, 5) is 13.1. The molecule has 26 heavy (non-hydrogen) atoms. The number of hydrogen-bond donors (Lipinski definition) is 2. The number of hydrogen-bond acceptors (Lipinski definition) is 3. The molecular formula is C22H24N2O2. The minimum Gasteiger partial charge on any atom is -0.468 e. The van der Waals surface area contributed by atoms with Crippen LogP contribution in [0.3, 0.4) is 0 Å². The number of amides is 1. The van der Waals surface area contributed by atoms with Crippen LogP contribution in [0.25, 0.3) is 0 Å². The number of benzene rings is 2. The minimum absolute atomic E-state index is 0.0942. The molecule has 0 aliphatic heterocycles. The van der Waals surface area contributed by atoms with Gasteiger partial charge >= 0.3 is 0 Å². The van der Waals surface area contributed by atoms with Gasteiger partial charge in [0.2, 0.25) is 5.91 Å². The first kappa shape index (κ1) is 18.0. The molecule has 0 saturated carbocycles. The van der Waals surface area contributed by atoms with Crippen molar-refractivity contribution in [1.82, 2.24) is 5.32 Å². The van der Waals surface area contributed by atoms with Gasteiger partial charge in [0.05, 0.1) is 12.3 Å². The lowest BCUT2D eigenvalue weighted by molar-refractivity contribution is -0.118. The van der Waals surface area contributed by atoms with Crippen molar-refractivity contribution in [3.05, 3.63) is 89.4 Å². The van der Waals surface area contributed by atoms with E-state index in [4.69, 9.17) is 4.42 Å². The molecule has 2 atom stereocenters. The molecule has 1 heterocycles. The largest absolute Gasteiger partial charge is 0.468 e. The van der Waals surface area contributed by atoms with Crippen molar-refractivity contribution >= 4 is 11.6 Å². The van der Waals surface area contributed by atoms with Gasteiger partial charge in [-0.15, -0.1) is 0 Å². The van der Waals surface area contributed by atoms with Gasteiger partial charge < -0.3 is 9.73 Å². The summed E-state index contributed by atoms with van der Waals surface area (Å²) >= 11 is 0. The Kier molecular flexibility index (Phi) is 5.54. The molecule has 0 aliphatic rings. The lowest BCUT2D eigenvalue weighted by Crippen LogP contribution is -2.34. The molecule has 1 amide bonds. The lowest BCUT2D eigenvalue weighted by atomic mass is 10.0. The van der Waals surface area contributed by atoms with Crippen molar-refractivity contribution in [2.75, 3.05) is 5.32 Å². The van der Waals surface area contributed by atoms with Crippen molar-refractivity contribution in [3.8, 4) is 0 Å². The molecule has 0 spiro atoms. The van der Waals surface area contributed by atoms with Crippen LogP contribution in [0.2, 0.25) is 0 Å². The molecule has 0 unspecified atom stereocenters. The number of anilines is 1. The van der Waals surface area contributed by atoms with E-state index in [2.05, 4.69) is 10.6 Å². The van der Waals surface area contributed by atoms with Crippen LogP contribution in [-0.4, -0.2) is 5.91 Å². The van der Waals surface area contributed by atoms with E-state index in [9.17, 15) is 4.79 Å². The van der Waals surface area contributed by atoms with E-state index in [0.29, 0.717) is 0 Å². The van der Waals surface area contributed by atoms with Crippen molar-refractivity contribution < 1.29 is 9.21 Å². The maximum atomic E-state index is 13.1. The maximum absolute atomic E-state index is 13.1. The molecule has 0 aliphatic carbocycles. The first-order valence-corrected chi connectivity index (χ1v) is 8.77. The summed E-state index contributed by atoms with van der Waals surface area (Å²) in [7, 11) is 0. The lowest BCUT2D eigenvalue weighted by Gasteiger charge is -2.23. The number of carbonyl (C=O) groups excluding carboxylic acids is 1. The van der Waals surface area contributed by atoms with E-state index in [1.807, 2.05) is 81.4 Å². The van der Waals surface area contributed by atoms with E-state index in [0.717, 1.165) is 28.1 Å². The van der Waals surface area contributed by atoms with Crippen molar-refractivity contribution in [3.63, 3.8) is 0 Å². The molecule has 4 nitrogen and oxygen atoms in total. The Balaban J connectivity index is 1.85. The van der Waals surface area contributed by atoms with Gasteiger partial charge in [-0.1, -0.05) is 42.5 Å². The number of nitrogens with one attached hydrogen (secondary N) is 2. The normalized spacial score (nSPS) is 13.2. The van der Waals surface area contributed by atoms with Crippen molar-refractivity contribution in [1.29, 1.82) is 0 Å². The molecule has 3 aromatic rings. The van der Waals surface area contributed by atoms with Gasteiger partial charge in [0, 0.05) is 5.69 Å². The number of rotatable bonds is 6. The van der Waals surface area contributed by atoms with Gasteiger partial charge in [-0.25, -0.2) is 0 Å². The van der Waals surface area contributed by atoms with Crippen LogP contribution in [0.15, 0.2) is 71.3 Å². The van der Waals surface area contributed by atoms with E-state index in [1.54, 1.807) is 6.26 Å². The molecule has 4 heteroatoms. The van der Waals surface area contributed by atoms with Crippen LogP contribution in [0.4, 0.5) is 5.69 Å². The highest BCUT2D eigenvalue weighted by Gasteiger charge is 2.24. The Labute approximate surface area is 154 Å². The molecule has 134 valence electrons. The Morgan fingerprint density at radius 2 is 1.77 bits per heavy atom. The third-order valence-electron chi connectivity index (χ3n) is 4.43. The molecule has 0 saturated heterocycles. The van der Waals surface area contributed by atoms with Crippen LogP contribution in [0, 0.1) is 13.8 Å². The van der Waals surface area contributed by atoms with E-state index >= 15 is 0 Å². The molecule has 2 aromatic carbocycles. The standard InChI is InChI=1S/C22H24N2O2/c1-15-11-12-16(2)19(14-15)24-22(25)21(18-8-5-4-6-9-18)23-17(3)20-10-7-13-26-20/h4-14,17,21,23H,1-3H3,(H,24,25)/t17-,21+/m0/s1. The Hall–Kier alpha value is -2.85. The van der Waals surface area contributed by atoms with Gasteiger partial charge in [0.15, 0.2) is 0 Å². The van der Waals surface area contributed by atoms with E-state index < -0.39 is 6.04 Å². The summed E-state index contributed by atoms with van der Waals surface area (Å²) in [6.45, 7) is 5.99. The topological polar surface area (TPSA) is 54.3 Å². The molecule has 1 aromatic heterocycles. The smallest absolute Gasteiger partial charge is 0.246 e. The SMILES string of the molecule is Cc1ccc(C)c(NC(=O)[C@H](N[C@@H](C)c2ccco2)c2ccccc2)c1. The second-order valence-electron chi connectivity index (χ2n) is 6.56. The van der Waals surface area contributed by atoms with Gasteiger partial charge in [0.25, 0.3) is 0 Å². The summed E-state index contributed by atoms with van der Waals surface area (Å²) < 4.78 is 5.47. The highest BCUT2D eigenvalue weighted by atomic mass is 16.3. The predicted octanol–water partition coefficient (Wildman–Crippen LogP) is 4.93. The minimum atomic E-state index is -0.490. The Morgan fingerprint density at radius 1 is 1.00 bits per heavy atom. The second kappa shape index (κ2) is 8.02. The summed E-state index contributed by atoms with van der Waals surface area (Å²) in [6.07, 6.45) is 1.64. The zero-order valence-corrected chi connectivity index (χ0v) is 15.3. The second-order valence-corrected chi connectivity index (χ2v) is 6.56. The van der Waals surface area contributed by atoms with Crippen molar-refractivity contribution in [2.24, 2.45) is 0 Å². The van der Waals surface area contributed by atoms with Gasteiger partial charge in [-0.2, -0.15) is 0 Å². The molecular weight excluding hydrogens is 324 g/mol. The molecule has 0 fully saturated rings. The Morgan fingerprint density at radius 3 is 2.46 bits per heavy atom. The number of furan rings is 1. The van der Waals surface area contributed by atoms with Gasteiger partial charge in [-0.05, 0) is 55.7 Å². The highest BCUT2D eigenvalue weighted by molar-refractivity contribution is 5.96. The number of aryl methyl sites for hydroxylation is 2. The van der Waals surface area contributed by atoms with E-state index in [1.165, 1.54) is 0 Å². The van der Waals surface area contributed by atoms with Crippen LogP contribution in [0.1, 0.15) is 41.5 Å². The quantitative estimate of drug-likeness (QED) is 0.664. The highest BCUT2D eigenvalue weighted by Crippen LogP contribution is 2.23. The third kappa shape index (κ3) is 4.21. The predicted molar refractivity (Wildman–Crippen MR) is 104 cm³/mol. The number of carbonyl (C=O) groups is 1. The first-order valence-electron chi connectivity index (χ1n) is 8.77. The molecule has 3 rings (SSSR count). The summed E-state index contributed by atoms with van der Waals surface area (Å²) in [5.41, 5.74) is 3.89. The summed E-state index contributed by atoms with van der Waals surface area (Å²) in [5.74, 6) is 0.703. The fourth-order valence-electron chi connectivity index (χ4n) is 2.91. The maximum Gasteiger partial charge on any atom is 0.246 e. The molecule has 2 N–H and O–H groups in total. The third-order valence-corrected chi connectivity index (χ3v) is 4.43. The monoisotopic (exact) mass is 348 g/mol. The van der Waals surface area contributed by atoms with Crippen molar-refractivity contribution in [2.45, 2.75) is 32.9 Å². The van der Waals surface area contributed by atoms with Crippen LogP contribution in [-0.2, 0) is 4.79 Å². The average Bonchev–Trinajstić information content (AvgIpc) is 3.18. The average molecular weight is 348 g/mol. The van der Waals surface area contributed by atoms with Crippen LogP contribution >= 0.6 is 0 Å². The first-order chi connectivity index (χ1) is 12.5. The zero-order valence-electron chi connectivity index (χ0n) is 15.3. The van der Waals surface area contributed by atoms with E-state index in [-0.39, 0.29) is 11.9 Å². The van der Waals surface area contributed by atoms with Gasteiger partial charge in [0.1, 0.15) is 11.8 Å². The van der Waals surface area contributed by atoms with Gasteiger partial charge in [-0.3, -0.25) is 10.1 Å². The molecule has 0 radical (unpaired) electrons. The fraction of sp³-hybridized carbons (Fsp3) is 0.227. The summed E-state index contributed by atoms with van der Waals surface area (Å²) in [6, 6.07) is 18.9. The van der Waals surface area contributed by atoms with Crippen LogP contribution < -0.4 is 10.6 Å². The fourth-order valence-corrected chi connectivity index (χ4v) is 2.91.